The van der Waals surface area contributed by atoms with Gasteiger partial charge in [-0.1, -0.05) is 0 Å². The molecule has 114 valence electrons. The molecule has 0 aromatic carbocycles. The molecule has 0 unspecified atom stereocenters. The Hall–Kier alpha value is -1.14. The molecule has 1 aliphatic heterocycles. The third kappa shape index (κ3) is 3.70. The lowest BCUT2D eigenvalue weighted by Crippen LogP contribution is -2.55. The van der Waals surface area contributed by atoms with E-state index in [0.29, 0.717) is 39.1 Å². The first-order valence-corrected chi connectivity index (χ1v) is 7.39. The first-order chi connectivity index (χ1) is 9.39. The van der Waals surface area contributed by atoms with E-state index in [0.717, 1.165) is 19.3 Å². The van der Waals surface area contributed by atoms with Crippen LogP contribution in [0.15, 0.2) is 0 Å². The van der Waals surface area contributed by atoms with E-state index in [2.05, 4.69) is 0 Å². The lowest BCUT2D eigenvalue weighted by Gasteiger charge is -2.41. The second-order valence-electron chi connectivity index (χ2n) is 6.39. The molecule has 0 aromatic heterocycles. The molecule has 0 radical (unpaired) electrons. The fraction of sp³-hybridized carbons (Fsp3) is 0.857. The number of likely N-dealkylation sites (N-methyl/N-ethyl adjacent to an activating group) is 1. The van der Waals surface area contributed by atoms with Gasteiger partial charge in [0.2, 0.25) is 11.8 Å². The summed E-state index contributed by atoms with van der Waals surface area (Å²) in [4.78, 5) is 29.7. The van der Waals surface area contributed by atoms with Gasteiger partial charge in [-0.2, -0.15) is 0 Å². The average molecular weight is 282 g/mol. The van der Waals surface area contributed by atoms with Crippen LogP contribution in [0.1, 0.15) is 25.7 Å². The van der Waals surface area contributed by atoms with Gasteiger partial charge >= 0.3 is 0 Å². The zero-order chi connectivity index (χ0) is 14.8. The monoisotopic (exact) mass is 282 g/mol. The maximum atomic E-state index is 12.2. The second-order valence-corrected chi connectivity index (χ2v) is 6.39. The van der Waals surface area contributed by atoms with E-state index in [-0.39, 0.29) is 17.4 Å². The topological polar surface area (TPSA) is 69.9 Å². The van der Waals surface area contributed by atoms with Crippen molar-refractivity contribution in [3.8, 4) is 0 Å². The number of hydrogen-bond donors (Lipinski definition) is 1. The van der Waals surface area contributed by atoms with Gasteiger partial charge in [0.05, 0.1) is 6.54 Å². The molecular formula is C14H26N4O2. The summed E-state index contributed by atoms with van der Waals surface area (Å²) >= 11 is 0. The van der Waals surface area contributed by atoms with Gasteiger partial charge in [0.15, 0.2) is 0 Å². The van der Waals surface area contributed by atoms with E-state index in [4.69, 9.17) is 5.73 Å². The highest BCUT2D eigenvalue weighted by Gasteiger charge is 2.36. The summed E-state index contributed by atoms with van der Waals surface area (Å²) in [5.41, 5.74) is 5.87. The van der Waals surface area contributed by atoms with E-state index >= 15 is 0 Å². The predicted octanol–water partition coefficient (Wildman–Crippen LogP) is -0.510. The minimum absolute atomic E-state index is 0.136. The lowest BCUT2D eigenvalue weighted by molar-refractivity contribution is -0.141. The maximum absolute atomic E-state index is 12.2. The fourth-order valence-corrected chi connectivity index (χ4v) is 2.80. The SMILES string of the molecule is CN(C)CC(=O)N1CCN(C(=O)CC2(N)CCC2)CC1. The number of hydrogen-bond acceptors (Lipinski definition) is 4. The smallest absolute Gasteiger partial charge is 0.236 e. The van der Waals surface area contributed by atoms with Gasteiger partial charge in [-0.3, -0.25) is 9.59 Å². The number of rotatable bonds is 4. The average Bonchev–Trinajstić information content (AvgIpc) is 2.36. The molecule has 2 rings (SSSR count). The van der Waals surface area contributed by atoms with Crippen molar-refractivity contribution in [2.75, 3.05) is 46.8 Å². The quantitative estimate of drug-likeness (QED) is 0.754. The fourth-order valence-electron chi connectivity index (χ4n) is 2.80. The van der Waals surface area contributed by atoms with E-state index in [1.165, 1.54) is 0 Å². The van der Waals surface area contributed by atoms with Crippen molar-refractivity contribution < 1.29 is 9.59 Å². The van der Waals surface area contributed by atoms with Crippen LogP contribution < -0.4 is 5.73 Å². The zero-order valence-electron chi connectivity index (χ0n) is 12.6. The molecule has 6 nitrogen and oxygen atoms in total. The molecular weight excluding hydrogens is 256 g/mol. The lowest BCUT2D eigenvalue weighted by atomic mass is 9.75. The molecule has 0 aromatic rings. The molecule has 2 N–H and O–H groups in total. The molecule has 0 bridgehead atoms. The summed E-state index contributed by atoms with van der Waals surface area (Å²) < 4.78 is 0. The van der Waals surface area contributed by atoms with Gasteiger partial charge in [0.25, 0.3) is 0 Å². The van der Waals surface area contributed by atoms with Crippen molar-refractivity contribution in [3.63, 3.8) is 0 Å². The van der Waals surface area contributed by atoms with Gasteiger partial charge in [0, 0.05) is 38.1 Å². The van der Waals surface area contributed by atoms with E-state index in [1.54, 1.807) is 0 Å². The third-order valence-electron chi connectivity index (χ3n) is 4.29. The van der Waals surface area contributed by atoms with Crippen LogP contribution in [0.4, 0.5) is 0 Å². The highest BCUT2D eigenvalue weighted by molar-refractivity contribution is 5.80. The summed E-state index contributed by atoms with van der Waals surface area (Å²) in [5.74, 6) is 0.281. The van der Waals surface area contributed by atoms with Crippen LogP contribution in [0.2, 0.25) is 0 Å². The highest BCUT2D eigenvalue weighted by Crippen LogP contribution is 2.32. The van der Waals surface area contributed by atoms with Crippen molar-refractivity contribution in [1.29, 1.82) is 0 Å². The number of amides is 2. The van der Waals surface area contributed by atoms with Gasteiger partial charge in [-0.25, -0.2) is 0 Å². The van der Waals surface area contributed by atoms with Gasteiger partial charge in [-0.05, 0) is 33.4 Å². The minimum Gasteiger partial charge on any atom is -0.339 e. The summed E-state index contributed by atoms with van der Waals surface area (Å²) in [6.07, 6.45) is 3.51. The third-order valence-corrected chi connectivity index (χ3v) is 4.29. The molecule has 1 saturated heterocycles. The number of piperazine rings is 1. The van der Waals surface area contributed by atoms with Gasteiger partial charge < -0.3 is 20.4 Å². The Balaban J connectivity index is 1.76. The first kappa shape index (κ1) is 15.3. The van der Waals surface area contributed by atoms with Crippen LogP contribution in [0.5, 0.6) is 0 Å². The summed E-state index contributed by atoms with van der Waals surface area (Å²) in [6.45, 7) is 2.97. The van der Waals surface area contributed by atoms with Gasteiger partial charge in [-0.15, -0.1) is 0 Å². The Morgan fingerprint density at radius 1 is 1.05 bits per heavy atom. The zero-order valence-corrected chi connectivity index (χ0v) is 12.6. The van der Waals surface area contributed by atoms with Crippen molar-refractivity contribution in [2.45, 2.75) is 31.2 Å². The van der Waals surface area contributed by atoms with Crippen molar-refractivity contribution >= 4 is 11.8 Å². The number of nitrogens with two attached hydrogens (primary N) is 1. The summed E-state index contributed by atoms with van der Waals surface area (Å²) in [6, 6.07) is 0. The van der Waals surface area contributed by atoms with Crippen LogP contribution in [0.25, 0.3) is 0 Å². The summed E-state index contributed by atoms with van der Waals surface area (Å²) in [5, 5.41) is 0. The molecule has 2 fully saturated rings. The molecule has 6 heteroatoms. The minimum atomic E-state index is -0.255. The van der Waals surface area contributed by atoms with Gasteiger partial charge in [0.1, 0.15) is 0 Å². The Morgan fingerprint density at radius 3 is 1.95 bits per heavy atom. The summed E-state index contributed by atoms with van der Waals surface area (Å²) in [7, 11) is 3.77. The standard InChI is InChI=1S/C14H26N4O2/c1-16(2)11-13(20)18-8-6-17(7-9-18)12(19)10-14(15)4-3-5-14/h3-11,15H2,1-2H3. The number of carbonyl (C=O) groups is 2. The molecule has 0 atom stereocenters. The van der Waals surface area contributed by atoms with Crippen molar-refractivity contribution in [1.82, 2.24) is 14.7 Å². The molecule has 2 amide bonds. The largest absolute Gasteiger partial charge is 0.339 e. The molecule has 1 heterocycles. The molecule has 1 aliphatic carbocycles. The first-order valence-electron chi connectivity index (χ1n) is 7.39. The normalized spacial score (nSPS) is 21.8. The molecule has 2 aliphatic rings. The molecule has 0 spiro atoms. The van der Waals surface area contributed by atoms with Crippen LogP contribution in [-0.2, 0) is 9.59 Å². The Kier molecular flexibility index (Phi) is 4.65. The second kappa shape index (κ2) is 6.10. The number of carbonyl (C=O) groups excluding carboxylic acids is 2. The highest BCUT2D eigenvalue weighted by atomic mass is 16.2. The van der Waals surface area contributed by atoms with E-state index in [9.17, 15) is 9.59 Å². The van der Waals surface area contributed by atoms with Crippen LogP contribution in [0, 0.1) is 0 Å². The Morgan fingerprint density at radius 2 is 1.55 bits per heavy atom. The van der Waals surface area contributed by atoms with Crippen LogP contribution in [0.3, 0.4) is 0 Å². The predicted molar refractivity (Wildman–Crippen MR) is 77.1 cm³/mol. The Labute approximate surface area is 120 Å². The van der Waals surface area contributed by atoms with E-state index < -0.39 is 0 Å². The van der Waals surface area contributed by atoms with E-state index in [1.807, 2.05) is 28.8 Å². The Bertz CT molecular complexity index is 371. The van der Waals surface area contributed by atoms with Crippen LogP contribution >= 0.6 is 0 Å². The molecule has 1 saturated carbocycles. The van der Waals surface area contributed by atoms with Crippen molar-refractivity contribution in [2.24, 2.45) is 5.73 Å². The number of nitrogens with zero attached hydrogens (tertiary/aromatic N) is 3. The van der Waals surface area contributed by atoms with Crippen molar-refractivity contribution in [3.05, 3.63) is 0 Å². The van der Waals surface area contributed by atoms with Crippen LogP contribution in [-0.4, -0.2) is 78.9 Å². The molecule has 20 heavy (non-hydrogen) atoms. The maximum Gasteiger partial charge on any atom is 0.236 e.